The molecule has 7 rings (SSSR count). The van der Waals surface area contributed by atoms with Gasteiger partial charge in [-0.15, -0.1) is 11.3 Å². The normalized spacial score (nSPS) is 12.3. The molecule has 0 bridgehead atoms. The molecule has 0 aliphatic rings. The van der Waals surface area contributed by atoms with Crippen LogP contribution in [-0.4, -0.2) is 40.2 Å². The minimum absolute atomic E-state index is 0.105. The molecule has 1 unspecified atom stereocenters. The van der Waals surface area contributed by atoms with Gasteiger partial charge in [0.2, 0.25) is 0 Å². The molecule has 4 N–H and O–H groups in total. The zero-order valence-electron chi connectivity index (χ0n) is 21.1. The molecule has 1 atom stereocenters. The second-order valence-corrected chi connectivity index (χ2v) is 10.5. The summed E-state index contributed by atoms with van der Waals surface area (Å²) < 4.78 is 16.1. The number of rotatable bonds is 6. The lowest BCUT2D eigenvalue weighted by Gasteiger charge is -2.15. The van der Waals surface area contributed by atoms with Crippen molar-refractivity contribution in [1.82, 2.24) is 35.1 Å². The Balaban J connectivity index is 1.28. The highest BCUT2D eigenvalue weighted by Crippen LogP contribution is 2.35. The number of benzene rings is 1. The largest absolute Gasteiger partial charge is 0.369 e. The van der Waals surface area contributed by atoms with Gasteiger partial charge in [0.25, 0.3) is 0 Å². The Bertz CT molecular complexity index is 2000. The second-order valence-electron chi connectivity index (χ2n) is 9.25. The van der Waals surface area contributed by atoms with Crippen LogP contribution in [0.1, 0.15) is 16.7 Å². The maximum absolute atomic E-state index is 16.1. The van der Waals surface area contributed by atoms with E-state index in [2.05, 4.69) is 35.5 Å². The molecule has 11 heteroatoms. The summed E-state index contributed by atoms with van der Waals surface area (Å²) in [5, 5.41) is 21.1. The lowest BCUT2D eigenvalue weighted by atomic mass is 10.1. The number of nitrogens with zero attached hydrogens (tertiary/aromatic N) is 5. The maximum Gasteiger partial charge on any atom is 0.161 e. The first-order valence-corrected chi connectivity index (χ1v) is 13.3. The van der Waals surface area contributed by atoms with E-state index < -0.39 is 12.0 Å². The standard InChI is InChI=1S/C29H21FN8OS/c1-15-7-8-21(40-15)26-25-19(9-10-32-26)35-28(36-25)27-22-20(37-38-27)14-33-24(23(22)30)17-11-18(13-31-12-17)34-29(39)16-5-3-2-4-6-16/h2-14,29,34,39H,1H3,(H,35,36)(H,37,38). The van der Waals surface area contributed by atoms with E-state index in [0.717, 1.165) is 16.1 Å². The van der Waals surface area contributed by atoms with Gasteiger partial charge in [0.1, 0.15) is 22.6 Å². The highest BCUT2D eigenvalue weighted by atomic mass is 32.1. The van der Waals surface area contributed by atoms with Crippen molar-refractivity contribution in [2.75, 3.05) is 5.32 Å². The Kier molecular flexibility index (Phi) is 5.80. The van der Waals surface area contributed by atoms with E-state index >= 15 is 4.39 Å². The number of hydrogen-bond donors (Lipinski definition) is 4. The smallest absolute Gasteiger partial charge is 0.161 e. The lowest BCUT2D eigenvalue weighted by molar-refractivity contribution is 0.208. The number of nitrogens with one attached hydrogen (secondary N) is 3. The van der Waals surface area contributed by atoms with Crippen LogP contribution in [-0.2, 0) is 0 Å². The Labute approximate surface area is 230 Å². The molecule has 40 heavy (non-hydrogen) atoms. The van der Waals surface area contributed by atoms with Gasteiger partial charge in [0, 0.05) is 28.4 Å². The average molecular weight is 549 g/mol. The summed E-state index contributed by atoms with van der Waals surface area (Å²) >= 11 is 1.64. The number of pyridine rings is 3. The summed E-state index contributed by atoms with van der Waals surface area (Å²) in [6.07, 6.45) is 5.39. The van der Waals surface area contributed by atoms with Gasteiger partial charge in [-0.3, -0.25) is 20.1 Å². The molecule has 9 nitrogen and oxygen atoms in total. The average Bonchev–Trinajstić information content (AvgIpc) is 3.72. The number of aromatic amines is 2. The first kappa shape index (κ1) is 24.1. The highest BCUT2D eigenvalue weighted by molar-refractivity contribution is 7.15. The predicted molar refractivity (Wildman–Crippen MR) is 153 cm³/mol. The molecule has 6 heterocycles. The number of aromatic nitrogens is 7. The molecule has 0 radical (unpaired) electrons. The number of H-pyrrole nitrogens is 2. The van der Waals surface area contributed by atoms with Crippen molar-refractivity contribution in [2.24, 2.45) is 0 Å². The fourth-order valence-corrected chi connectivity index (χ4v) is 5.53. The number of imidazole rings is 1. The molecular weight excluding hydrogens is 527 g/mol. The van der Waals surface area contributed by atoms with E-state index in [0.29, 0.717) is 39.4 Å². The molecule has 0 saturated heterocycles. The third-order valence-electron chi connectivity index (χ3n) is 6.57. The topological polar surface area (TPSA) is 128 Å². The molecule has 7 aromatic rings. The van der Waals surface area contributed by atoms with Crippen molar-refractivity contribution >= 4 is 39.0 Å². The highest BCUT2D eigenvalue weighted by Gasteiger charge is 2.22. The van der Waals surface area contributed by atoms with Crippen molar-refractivity contribution in [1.29, 1.82) is 0 Å². The van der Waals surface area contributed by atoms with E-state index in [1.165, 1.54) is 17.3 Å². The Hall–Kier alpha value is -5.00. The minimum Gasteiger partial charge on any atom is -0.369 e. The molecule has 196 valence electrons. The first-order valence-electron chi connectivity index (χ1n) is 12.4. The first-order chi connectivity index (χ1) is 19.5. The van der Waals surface area contributed by atoms with Crippen LogP contribution < -0.4 is 5.32 Å². The number of hydrogen-bond acceptors (Lipinski definition) is 8. The van der Waals surface area contributed by atoms with Crippen LogP contribution in [0.5, 0.6) is 0 Å². The molecule has 0 aliphatic carbocycles. The van der Waals surface area contributed by atoms with Crippen molar-refractivity contribution in [3.63, 3.8) is 0 Å². The quantitative estimate of drug-likeness (QED) is 0.181. The maximum atomic E-state index is 16.1. The number of fused-ring (bicyclic) bond motifs is 2. The van der Waals surface area contributed by atoms with E-state index in [9.17, 15) is 5.11 Å². The molecule has 0 saturated carbocycles. The van der Waals surface area contributed by atoms with Gasteiger partial charge >= 0.3 is 0 Å². The van der Waals surface area contributed by atoms with E-state index in [1.807, 2.05) is 55.5 Å². The third kappa shape index (κ3) is 4.17. The fourth-order valence-electron chi connectivity index (χ4n) is 4.66. The van der Waals surface area contributed by atoms with E-state index in [4.69, 9.17) is 4.98 Å². The van der Waals surface area contributed by atoms with Crippen molar-refractivity contribution in [3.05, 3.63) is 95.6 Å². The number of aliphatic hydroxyl groups is 1. The van der Waals surface area contributed by atoms with Gasteiger partial charge in [-0.05, 0) is 31.2 Å². The minimum atomic E-state index is -0.954. The number of halogens is 1. The van der Waals surface area contributed by atoms with Crippen LogP contribution in [0.15, 0.2) is 79.4 Å². The lowest BCUT2D eigenvalue weighted by Crippen LogP contribution is -2.09. The molecular formula is C29H21FN8OS. The number of aryl methyl sites for hydroxylation is 1. The zero-order valence-corrected chi connectivity index (χ0v) is 21.9. The molecule has 6 aromatic heterocycles. The van der Waals surface area contributed by atoms with Gasteiger partial charge in [0.15, 0.2) is 17.9 Å². The summed E-state index contributed by atoms with van der Waals surface area (Å²) in [6.45, 7) is 2.04. The Morgan fingerprint density at radius 3 is 2.65 bits per heavy atom. The zero-order chi connectivity index (χ0) is 27.2. The van der Waals surface area contributed by atoms with Gasteiger partial charge < -0.3 is 15.4 Å². The fraction of sp³-hybridized carbons (Fsp3) is 0.0690. The van der Waals surface area contributed by atoms with E-state index in [1.54, 1.807) is 29.8 Å². The molecule has 0 aliphatic heterocycles. The van der Waals surface area contributed by atoms with Crippen LogP contribution in [0.2, 0.25) is 0 Å². The van der Waals surface area contributed by atoms with Crippen LogP contribution in [0.3, 0.4) is 0 Å². The van der Waals surface area contributed by atoms with Crippen molar-refractivity contribution < 1.29 is 9.50 Å². The summed E-state index contributed by atoms with van der Waals surface area (Å²) in [4.78, 5) is 23.4. The molecule has 0 fully saturated rings. The summed E-state index contributed by atoms with van der Waals surface area (Å²) in [5.74, 6) is -0.143. The molecule has 0 amide bonds. The predicted octanol–water partition coefficient (Wildman–Crippen LogP) is 6.24. The van der Waals surface area contributed by atoms with Crippen LogP contribution in [0.4, 0.5) is 10.1 Å². The van der Waals surface area contributed by atoms with Crippen LogP contribution >= 0.6 is 11.3 Å². The van der Waals surface area contributed by atoms with E-state index in [-0.39, 0.29) is 11.1 Å². The summed E-state index contributed by atoms with van der Waals surface area (Å²) in [5.41, 5.74) is 4.75. The van der Waals surface area contributed by atoms with Gasteiger partial charge in [-0.2, -0.15) is 5.10 Å². The summed E-state index contributed by atoms with van der Waals surface area (Å²) in [7, 11) is 0. The second kappa shape index (κ2) is 9.63. The number of aliphatic hydroxyl groups excluding tert-OH is 1. The van der Waals surface area contributed by atoms with Crippen LogP contribution in [0.25, 0.3) is 55.3 Å². The van der Waals surface area contributed by atoms with Crippen LogP contribution in [0, 0.1) is 12.7 Å². The van der Waals surface area contributed by atoms with Gasteiger partial charge in [-0.1, -0.05) is 30.3 Å². The SMILES string of the molecule is Cc1ccc(-c2nccc3[nH]c(-c4n[nH]c5cnc(-c6cncc(NC(O)c7ccccc7)c6)c(F)c45)nc23)s1. The summed E-state index contributed by atoms with van der Waals surface area (Å²) in [6, 6.07) is 16.8. The number of anilines is 1. The number of thiophene rings is 1. The van der Waals surface area contributed by atoms with Crippen molar-refractivity contribution in [3.8, 4) is 33.3 Å². The Morgan fingerprint density at radius 1 is 0.950 bits per heavy atom. The third-order valence-corrected chi connectivity index (χ3v) is 7.58. The van der Waals surface area contributed by atoms with Gasteiger partial charge in [-0.25, -0.2) is 9.37 Å². The molecule has 1 aromatic carbocycles. The Morgan fingerprint density at radius 2 is 1.82 bits per heavy atom. The van der Waals surface area contributed by atoms with Gasteiger partial charge in [0.05, 0.1) is 39.4 Å². The molecule has 0 spiro atoms. The van der Waals surface area contributed by atoms with Crippen molar-refractivity contribution in [2.45, 2.75) is 13.2 Å². The monoisotopic (exact) mass is 548 g/mol.